The number of halogens is 2. The molecule has 0 bridgehead atoms. The van der Waals surface area contributed by atoms with Gasteiger partial charge in [-0.15, -0.1) is 0 Å². The van der Waals surface area contributed by atoms with Crippen LogP contribution in [0.2, 0.25) is 5.02 Å². The van der Waals surface area contributed by atoms with E-state index >= 15 is 0 Å². The average Bonchev–Trinajstić information content (AvgIpc) is 2.74. The molecule has 8 heteroatoms. The van der Waals surface area contributed by atoms with Gasteiger partial charge in [-0.1, -0.05) is 40.4 Å². The van der Waals surface area contributed by atoms with Crippen LogP contribution in [0.15, 0.2) is 27.6 Å². The van der Waals surface area contributed by atoms with E-state index in [0.29, 0.717) is 17.3 Å². The molecule has 21 heavy (non-hydrogen) atoms. The second-order valence-corrected chi connectivity index (χ2v) is 8.21. The van der Waals surface area contributed by atoms with E-state index in [1.54, 1.807) is 6.07 Å². The number of carboxylic acids is 1. The lowest BCUT2D eigenvalue weighted by atomic mass is 9.95. The van der Waals surface area contributed by atoms with E-state index in [2.05, 4.69) is 20.7 Å². The van der Waals surface area contributed by atoms with E-state index in [1.807, 2.05) is 0 Å². The molecular weight excluding hydrogens is 382 g/mol. The molecule has 1 fully saturated rings. The van der Waals surface area contributed by atoms with Crippen LogP contribution in [0.5, 0.6) is 0 Å². The maximum atomic E-state index is 12.5. The van der Waals surface area contributed by atoms with Gasteiger partial charge >= 0.3 is 5.97 Å². The Hall–Kier alpha value is -0.630. The lowest BCUT2D eigenvalue weighted by Gasteiger charge is -2.28. The third kappa shape index (κ3) is 3.97. The zero-order chi connectivity index (χ0) is 15.7. The quantitative estimate of drug-likeness (QED) is 0.801. The highest BCUT2D eigenvalue weighted by atomic mass is 79.9. The predicted octanol–water partition coefficient (Wildman–Crippen LogP) is 3.17. The van der Waals surface area contributed by atoms with Crippen LogP contribution in [-0.2, 0) is 14.8 Å². The zero-order valence-corrected chi connectivity index (χ0v) is 14.3. The van der Waals surface area contributed by atoms with Gasteiger partial charge in [-0.25, -0.2) is 13.1 Å². The molecule has 2 rings (SSSR count). The summed E-state index contributed by atoms with van der Waals surface area (Å²) in [5, 5.41) is 9.13. The molecule has 1 aromatic carbocycles. The van der Waals surface area contributed by atoms with Crippen LogP contribution in [0.3, 0.4) is 0 Å². The molecule has 116 valence electrons. The van der Waals surface area contributed by atoms with Crippen LogP contribution < -0.4 is 4.72 Å². The van der Waals surface area contributed by atoms with Gasteiger partial charge in [0.15, 0.2) is 0 Å². The molecule has 1 aliphatic carbocycles. The summed E-state index contributed by atoms with van der Waals surface area (Å²) >= 11 is 9.20. The highest BCUT2D eigenvalue weighted by molar-refractivity contribution is 9.10. The summed E-state index contributed by atoms with van der Waals surface area (Å²) in [5.41, 5.74) is -0.916. The zero-order valence-electron chi connectivity index (χ0n) is 11.1. The van der Waals surface area contributed by atoms with Crippen LogP contribution in [-0.4, -0.2) is 25.0 Å². The minimum atomic E-state index is -3.86. The summed E-state index contributed by atoms with van der Waals surface area (Å²) < 4.78 is 28.2. The highest BCUT2D eigenvalue weighted by Gasteiger charge is 2.40. The van der Waals surface area contributed by atoms with Crippen LogP contribution in [0.1, 0.15) is 32.1 Å². The van der Waals surface area contributed by atoms with Gasteiger partial charge in [-0.2, -0.15) is 0 Å². The highest BCUT2D eigenvalue weighted by Crippen LogP contribution is 2.35. The Kier molecular flexibility index (Phi) is 4.97. The molecule has 0 aliphatic heterocycles. The molecule has 0 aromatic heterocycles. The third-order valence-corrected chi connectivity index (χ3v) is 6.14. The third-order valence-electron chi connectivity index (χ3n) is 3.58. The Morgan fingerprint density at radius 1 is 1.38 bits per heavy atom. The first-order valence-corrected chi connectivity index (χ1v) is 9.10. The Morgan fingerprint density at radius 3 is 2.52 bits per heavy atom. The molecule has 2 N–H and O–H groups in total. The fourth-order valence-electron chi connectivity index (χ4n) is 2.69. The van der Waals surface area contributed by atoms with Crippen molar-refractivity contribution in [2.24, 2.45) is 0 Å². The van der Waals surface area contributed by atoms with Crippen molar-refractivity contribution in [1.29, 1.82) is 0 Å². The molecule has 1 saturated carbocycles. The SMILES string of the molecule is O=C(O)CC1(NS(=O)(=O)c2ccc(Br)cc2Cl)CCCC1. The summed E-state index contributed by atoms with van der Waals surface area (Å²) in [7, 11) is -3.86. The summed E-state index contributed by atoms with van der Waals surface area (Å²) in [6, 6.07) is 4.48. The largest absolute Gasteiger partial charge is 0.481 e. The van der Waals surface area contributed by atoms with E-state index in [9.17, 15) is 13.2 Å². The molecule has 0 radical (unpaired) electrons. The van der Waals surface area contributed by atoms with Gasteiger partial charge in [0.05, 0.1) is 11.4 Å². The summed E-state index contributed by atoms with van der Waals surface area (Å²) in [6.07, 6.45) is 2.44. The van der Waals surface area contributed by atoms with Crippen molar-refractivity contribution in [3.63, 3.8) is 0 Å². The van der Waals surface area contributed by atoms with Crippen LogP contribution in [0.4, 0.5) is 0 Å². The first kappa shape index (κ1) is 16.7. The minimum absolute atomic E-state index is 0.0379. The Morgan fingerprint density at radius 2 is 2.00 bits per heavy atom. The number of hydrogen-bond donors (Lipinski definition) is 2. The fourth-order valence-corrected chi connectivity index (χ4v) is 5.19. The molecule has 5 nitrogen and oxygen atoms in total. The molecule has 0 spiro atoms. The van der Waals surface area contributed by atoms with Crippen molar-refractivity contribution in [3.8, 4) is 0 Å². The van der Waals surface area contributed by atoms with Gasteiger partial charge in [0.25, 0.3) is 0 Å². The van der Waals surface area contributed by atoms with Gasteiger partial charge in [0, 0.05) is 10.0 Å². The number of benzene rings is 1. The van der Waals surface area contributed by atoms with Crippen LogP contribution >= 0.6 is 27.5 Å². The first-order chi connectivity index (χ1) is 9.74. The lowest BCUT2D eigenvalue weighted by molar-refractivity contribution is -0.138. The first-order valence-electron chi connectivity index (χ1n) is 6.45. The van der Waals surface area contributed by atoms with Crippen molar-refractivity contribution in [1.82, 2.24) is 4.72 Å². The number of rotatable bonds is 5. The smallest absolute Gasteiger partial charge is 0.305 e. The van der Waals surface area contributed by atoms with Crippen LogP contribution in [0, 0.1) is 0 Å². The molecule has 1 aliphatic rings. The monoisotopic (exact) mass is 395 g/mol. The van der Waals surface area contributed by atoms with Gasteiger partial charge in [-0.3, -0.25) is 4.79 Å². The van der Waals surface area contributed by atoms with Gasteiger partial charge < -0.3 is 5.11 Å². The Labute approximate surface area is 136 Å². The maximum absolute atomic E-state index is 12.5. The topological polar surface area (TPSA) is 83.5 Å². The minimum Gasteiger partial charge on any atom is -0.481 e. The van der Waals surface area contributed by atoms with Gasteiger partial charge in [0.1, 0.15) is 4.90 Å². The molecule has 0 unspecified atom stereocenters. The second kappa shape index (κ2) is 6.24. The standard InChI is InChI=1S/C13H15BrClNO4S/c14-9-3-4-11(10(15)7-9)21(19,20)16-13(8-12(17)18)5-1-2-6-13/h3-4,7,16H,1-2,5-6,8H2,(H,17,18). The van der Waals surface area contributed by atoms with E-state index in [4.69, 9.17) is 16.7 Å². The van der Waals surface area contributed by atoms with E-state index < -0.39 is 21.5 Å². The van der Waals surface area contributed by atoms with Gasteiger partial charge in [0.2, 0.25) is 10.0 Å². The Bertz CT molecular complexity index is 656. The summed E-state index contributed by atoms with van der Waals surface area (Å²) in [4.78, 5) is 11.0. The number of aliphatic carboxylic acids is 1. The number of carboxylic acid groups (broad SMARTS) is 1. The summed E-state index contributed by atoms with van der Waals surface area (Å²) in [6.45, 7) is 0. The fraction of sp³-hybridized carbons (Fsp3) is 0.462. The predicted molar refractivity (Wildman–Crippen MR) is 82.9 cm³/mol. The maximum Gasteiger partial charge on any atom is 0.305 e. The Balaban J connectivity index is 2.32. The molecule has 0 amide bonds. The molecular formula is C13H15BrClNO4S. The normalized spacial score (nSPS) is 17.8. The van der Waals surface area contributed by atoms with Crippen molar-refractivity contribution >= 4 is 43.5 Å². The number of hydrogen-bond acceptors (Lipinski definition) is 3. The van der Waals surface area contributed by atoms with E-state index in [0.717, 1.165) is 12.8 Å². The second-order valence-electron chi connectivity index (χ2n) is 5.24. The van der Waals surface area contributed by atoms with Crippen molar-refractivity contribution in [2.45, 2.75) is 42.5 Å². The molecule has 1 aromatic rings. The summed E-state index contributed by atoms with van der Waals surface area (Å²) in [5.74, 6) is -1.01. The van der Waals surface area contributed by atoms with E-state index in [-0.39, 0.29) is 16.3 Å². The molecule has 0 atom stereocenters. The molecule has 0 saturated heterocycles. The number of carbonyl (C=O) groups is 1. The van der Waals surface area contributed by atoms with Crippen LogP contribution in [0.25, 0.3) is 0 Å². The number of nitrogens with one attached hydrogen (secondary N) is 1. The van der Waals surface area contributed by atoms with Crippen molar-refractivity contribution in [2.75, 3.05) is 0 Å². The van der Waals surface area contributed by atoms with Gasteiger partial charge in [-0.05, 0) is 31.0 Å². The lowest BCUT2D eigenvalue weighted by Crippen LogP contribution is -2.47. The van der Waals surface area contributed by atoms with E-state index in [1.165, 1.54) is 12.1 Å². The number of sulfonamides is 1. The molecule has 0 heterocycles. The average molecular weight is 397 g/mol. The van der Waals surface area contributed by atoms with Crippen molar-refractivity contribution < 1.29 is 18.3 Å². The van der Waals surface area contributed by atoms with Crippen molar-refractivity contribution in [3.05, 3.63) is 27.7 Å².